The topological polar surface area (TPSA) is 26.3 Å². The average Bonchev–Trinajstić information content (AvgIpc) is 2.16. The van der Waals surface area contributed by atoms with Crippen molar-refractivity contribution in [2.75, 3.05) is 6.61 Å². The van der Waals surface area contributed by atoms with E-state index in [4.69, 9.17) is 4.74 Å². The van der Waals surface area contributed by atoms with E-state index >= 15 is 0 Å². The van der Waals surface area contributed by atoms with Crippen molar-refractivity contribution in [2.24, 2.45) is 0 Å². The number of rotatable bonds is 0. The van der Waals surface area contributed by atoms with Crippen molar-refractivity contribution in [2.45, 2.75) is 32.6 Å². The molecule has 0 bridgehead atoms. The molecule has 0 fully saturated rings. The third-order valence-corrected chi connectivity index (χ3v) is 2.73. The van der Waals surface area contributed by atoms with Crippen molar-refractivity contribution in [3.8, 4) is 5.75 Å². The molecule has 2 rings (SSSR count). The molecule has 80 valence electrons. The molecule has 0 saturated carbocycles. The second kappa shape index (κ2) is 3.37. The fraction of sp³-hybridized carbons (Fsp3) is 0.462. The molecule has 0 radical (unpaired) electrons. The van der Waals surface area contributed by atoms with Gasteiger partial charge in [-0.15, -0.1) is 0 Å². The molecule has 0 N–H and O–H groups in total. The fourth-order valence-corrected chi connectivity index (χ4v) is 1.73. The molecule has 0 saturated heterocycles. The maximum atomic E-state index is 11.7. The summed E-state index contributed by atoms with van der Waals surface area (Å²) >= 11 is 0. The summed E-state index contributed by atoms with van der Waals surface area (Å²) in [7, 11) is 0. The molecular formula is C13H16O2. The first-order chi connectivity index (χ1) is 6.98. The van der Waals surface area contributed by atoms with Crippen molar-refractivity contribution in [3.05, 3.63) is 29.3 Å². The fourth-order valence-electron chi connectivity index (χ4n) is 1.73. The molecule has 0 unspecified atom stereocenters. The first-order valence-corrected chi connectivity index (χ1v) is 5.29. The molecule has 1 aliphatic heterocycles. The Labute approximate surface area is 90.3 Å². The quantitative estimate of drug-likeness (QED) is 0.649. The van der Waals surface area contributed by atoms with Crippen molar-refractivity contribution < 1.29 is 9.53 Å². The Morgan fingerprint density at radius 2 is 2.00 bits per heavy atom. The van der Waals surface area contributed by atoms with Crippen LogP contribution in [0.3, 0.4) is 0 Å². The lowest BCUT2D eigenvalue weighted by atomic mass is 9.85. The second-order valence-electron chi connectivity index (χ2n) is 4.98. The summed E-state index contributed by atoms with van der Waals surface area (Å²) in [4.78, 5) is 11.7. The van der Waals surface area contributed by atoms with E-state index in [1.807, 2.05) is 18.2 Å². The summed E-state index contributed by atoms with van der Waals surface area (Å²) < 4.78 is 5.44. The Kier molecular flexibility index (Phi) is 2.29. The van der Waals surface area contributed by atoms with E-state index in [1.54, 1.807) is 0 Å². The van der Waals surface area contributed by atoms with Crippen molar-refractivity contribution in [1.82, 2.24) is 0 Å². The summed E-state index contributed by atoms with van der Waals surface area (Å²) in [6.07, 6.45) is 0.501. The molecule has 15 heavy (non-hydrogen) atoms. The van der Waals surface area contributed by atoms with Gasteiger partial charge in [-0.25, -0.2) is 0 Å². The molecule has 0 aromatic heterocycles. The first-order valence-electron chi connectivity index (χ1n) is 5.29. The zero-order valence-corrected chi connectivity index (χ0v) is 9.46. The van der Waals surface area contributed by atoms with E-state index in [2.05, 4.69) is 20.8 Å². The smallest absolute Gasteiger partial charge is 0.170 e. The number of carbonyl (C=O) groups excluding carboxylic acids is 1. The van der Waals surface area contributed by atoms with Crippen LogP contribution in [0.4, 0.5) is 0 Å². The van der Waals surface area contributed by atoms with E-state index in [-0.39, 0.29) is 11.2 Å². The van der Waals surface area contributed by atoms with Crippen LogP contribution in [0.15, 0.2) is 18.2 Å². The molecule has 0 amide bonds. The number of ether oxygens (including phenoxy) is 1. The highest BCUT2D eigenvalue weighted by molar-refractivity contribution is 5.99. The van der Waals surface area contributed by atoms with Crippen molar-refractivity contribution in [3.63, 3.8) is 0 Å². The molecule has 2 nitrogen and oxygen atoms in total. The van der Waals surface area contributed by atoms with E-state index in [1.165, 1.54) is 5.56 Å². The van der Waals surface area contributed by atoms with Gasteiger partial charge in [0.05, 0.1) is 12.2 Å². The lowest BCUT2D eigenvalue weighted by molar-refractivity contribution is 0.0933. The monoisotopic (exact) mass is 204 g/mol. The largest absolute Gasteiger partial charge is 0.492 e. The molecule has 0 spiro atoms. The Bertz CT molecular complexity index is 399. The highest BCUT2D eigenvalue weighted by Crippen LogP contribution is 2.30. The van der Waals surface area contributed by atoms with E-state index in [0.29, 0.717) is 13.0 Å². The predicted octanol–water partition coefficient (Wildman–Crippen LogP) is 2.95. The summed E-state index contributed by atoms with van der Waals surface area (Å²) in [5.74, 6) is 0.932. The molecular weight excluding hydrogens is 188 g/mol. The zero-order valence-electron chi connectivity index (χ0n) is 9.46. The number of fused-ring (bicyclic) bond motifs is 1. The van der Waals surface area contributed by atoms with Gasteiger partial charge in [0, 0.05) is 6.42 Å². The number of ketones is 1. The van der Waals surface area contributed by atoms with Gasteiger partial charge in [-0.1, -0.05) is 26.8 Å². The minimum absolute atomic E-state index is 0.0761. The maximum Gasteiger partial charge on any atom is 0.170 e. The van der Waals surface area contributed by atoms with Crippen LogP contribution in [0.5, 0.6) is 5.75 Å². The van der Waals surface area contributed by atoms with Crippen molar-refractivity contribution >= 4 is 5.78 Å². The van der Waals surface area contributed by atoms with E-state index in [0.717, 1.165) is 11.3 Å². The second-order valence-corrected chi connectivity index (χ2v) is 4.98. The van der Waals surface area contributed by atoms with Gasteiger partial charge in [0.15, 0.2) is 5.78 Å². The number of carbonyl (C=O) groups is 1. The molecule has 1 aromatic carbocycles. The Balaban J connectivity index is 2.49. The molecule has 1 aromatic rings. The van der Waals surface area contributed by atoms with Crippen LogP contribution in [0.1, 0.15) is 43.1 Å². The molecule has 2 heteroatoms. The van der Waals surface area contributed by atoms with Crippen LogP contribution >= 0.6 is 0 Å². The lowest BCUT2D eigenvalue weighted by Crippen LogP contribution is -2.18. The van der Waals surface area contributed by atoms with Gasteiger partial charge in [-0.3, -0.25) is 4.79 Å². The SMILES string of the molecule is CC(C)(C)c1ccc2c(c1)C(=O)CCO2. The molecule has 0 atom stereocenters. The van der Waals surface area contributed by atoms with Gasteiger partial charge in [0.25, 0.3) is 0 Å². The lowest BCUT2D eigenvalue weighted by Gasteiger charge is -2.22. The van der Waals surface area contributed by atoms with Gasteiger partial charge in [-0.05, 0) is 23.1 Å². The normalized spacial score (nSPS) is 15.8. The average molecular weight is 204 g/mol. The van der Waals surface area contributed by atoms with E-state index < -0.39 is 0 Å². The summed E-state index contributed by atoms with van der Waals surface area (Å²) in [5, 5.41) is 0. The Morgan fingerprint density at radius 1 is 1.27 bits per heavy atom. The number of hydrogen-bond acceptors (Lipinski definition) is 2. The van der Waals surface area contributed by atoms with Crippen LogP contribution in [-0.4, -0.2) is 12.4 Å². The highest BCUT2D eigenvalue weighted by atomic mass is 16.5. The van der Waals surface area contributed by atoms with Gasteiger partial charge < -0.3 is 4.74 Å². The zero-order chi connectivity index (χ0) is 11.1. The minimum Gasteiger partial charge on any atom is -0.492 e. The molecule has 0 aliphatic carbocycles. The first kappa shape index (κ1) is 10.2. The maximum absolute atomic E-state index is 11.7. The van der Waals surface area contributed by atoms with Gasteiger partial charge in [0.2, 0.25) is 0 Å². The standard InChI is InChI=1S/C13H16O2/c1-13(2,3)9-4-5-12-10(8-9)11(14)6-7-15-12/h4-5,8H,6-7H2,1-3H3. The van der Waals surface area contributed by atoms with Crippen LogP contribution in [-0.2, 0) is 5.41 Å². The predicted molar refractivity (Wildman–Crippen MR) is 59.6 cm³/mol. The Morgan fingerprint density at radius 3 is 2.67 bits per heavy atom. The number of Topliss-reactive ketones (excluding diaryl/α,β-unsaturated/α-hetero) is 1. The van der Waals surface area contributed by atoms with Crippen LogP contribution in [0, 0.1) is 0 Å². The Hall–Kier alpha value is -1.31. The third kappa shape index (κ3) is 1.89. The van der Waals surface area contributed by atoms with Crippen LogP contribution in [0.25, 0.3) is 0 Å². The summed E-state index contributed by atoms with van der Waals surface area (Å²) in [6, 6.07) is 5.92. The summed E-state index contributed by atoms with van der Waals surface area (Å²) in [6.45, 7) is 6.94. The highest BCUT2D eigenvalue weighted by Gasteiger charge is 2.21. The van der Waals surface area contributed by atoms with Crippen LogP contribution < -0.4 is 4.74 Å². The number of benzene rings is 1. The minimum atomic E-state index is 0.0761. The third-order valence-electron chi connectivity index (χ3n) is 2.73. The van der Waals surface area contributed by atoms with Crippen molar-refractivity contribution in [1.29, 1.82) is 0 Å². The van der Waals surface area contributed by atoms with Gasteiger partial charge >= 0.3 is 0 Å². The van der Waals surface area contributed by atoms with Gasteiger partial charge in [0.1, 0.15) is 5.75 Å². The van der Waals surface area contributed by atoms with Gasteiger partial charge in [-0.2, -0.15) is 0 Å². The molecule has 1 aliphatic rings. The van der Waals surface area contributed by atoms with Crippen LogP contribution in [0.2, 0.25) is 0 Å². The molecule has 1 heterocycles. The summed E-state index contributed by atoms with van der Waals surface area (Å²) in [5.41, 5.74) is 2.00. The van der Waals surface area contributed by atoms with E-state index in [9.17, 15) is 4.79 Å². The number of hydrogen-bond donors (Lipinski definition) is 0.